The Morgan fingerprint density at radius 2 is 1.14 bits per heavy atom. The van der Waals surface area contributed by atoms with Crippen LogP contribution >= 0.6 is 7.82 Å². The van der Waals surface area contributed by atoms with Crippen LogP contribution in [-0.2, 0) is 29.3 Å². The van der Waals surface area contributed by atoms with Crippen molar-refractivity contribution in [3.63, 3.8) is 0 Å². The minimum absolute atomic E-state index is 0. The third kappa shape index (κ3) is 66.7. The topological polar surface area (TPSA) is 287 Å². The molecule has 1 unspecified atom stereocenters. The number of carbonyl (C=O) groups is 3. The van der Waals surface area contributed by atoms with Gasteiger partial charge in [0.1, 0.15) is 0 Å². The van der Waals surface area contributed by atoms with Crippen LogP contribution in [0.4, 0.5) is 0 Å². The van der Waals surface area contributed by atoms with Crippen molar-refractivity contribution in [1.82, 2.24) is 0 Å². The molecule has 15 nitrogen and oxygen atoms in total. The Bertz CT molecular complexity index is 686. The van der Waals surface area contributed by atoms with Crippen molar-refractivity contribution < 1.29 is 131 Å². The molecule has 0 aliphatic rings. The number of phosphoric acid groups is 1. The maximum atomic E-state index is 10.3. The minimum Gasteiger partial charge on any atom is -0.550 e. The summed E-state index contributed by atoms with van der Waals surface area (Å²) >= 11 is 0. The van der Waals surface area contributed by atoms with E-state index in [0.717, 1.165) is 6.42 Å². The third-order valence-corrected chi connectivity index (χ3v) is 3.63. The number of carboxylic acid groups (broad SMARTS) is 3. The number of rotatable bonds is 14. The predicted molar refractivity (Wildman–Crippen MR) is 120 cm³/mol. The Kier molecular flexibility index (Phi) is 39.8. The van der Waals surface area contributed by atoms with Gasteiger partial charge in [-0.05, 0) is 0 Å². The fraction of sp³-hybridized carbons (Fsp3) is 0.778. The van der Waals surface area contributed by atoms with Crippen LogP contribution in [0.2, 0.25) is 0 Å². The molecular weight excluding hydrogens is 565 g/mol. The van der Waals surface area contributed by atoms with Gasteiger partial charge in [0.15, 0.2) is 5.60 Å². The smallest absolute Gasteiger partial charge is 0.550 e. The zero-order valence-corrected chi connectivity index (χ0v) is 27.2. The van der Waals surface area contributed by atoms with Crippen LogP contribution in [0.1, 0.15) is 84.0 Å². The van der Waals surface area contributed by atoms with E-state index >= 15 is 0 Å². The molecule has 8 N–H and O–H groups in total. The molecular formula is C18H37Na2O15PS. The zero-order chi connectivity index (χ0) is 28.7. The fourth-order valence-electron chi connectivity index (χ4n) is 2.19. The van der Waals surface area contributed by atoms with Crippen LogP contribution in [-0.4, -0.2) is 71.0 Å². The molecule has 0 fully saturated rings. The van der Waals surface area contributed by atoms with Crippen LogP contribution < -0.4 is 64.2 Å². The van der Waals surface area contributed by atoms with E-state index in [9.17, 15) is 19.5 Å². The van der Waals surface area contributed by atoms with Gasteiger partial charge in [-0.25, -0.2) is 9.36 Å². The Balaban J connectivity index is -0.0000000922. The number of carboxylic acids is 3. The van der Waals surface area contributed by atoms with E-state index in [1.165, 1.54) is 57.8 Å². The van der Waals surface area contributed by atoms with Crippen LogP contribution in [0.25, 0.3) is 0 Å². The number of hydrogen-bond acceptors (Lipinski definition) is 8. The molecule has 0 aromatic heterocycles. The number of carbonyl (C=O) groups excluding carboxylic acids is 1. The Morgan fingerprint density at radius 3 is 1.35 bits per heavy atom. The van der Waals surface area contributed by atoms with E-state index in [1.54, 1.807) is 0 Å². The third-order valence-electron chi connectivity index (χ3n) is 3.63. The molecule has 0 radical (unpaired) electrons. The maximum Gasteiger partial charge on any atom is 1.00 e. The van der Waals surface area contributed by atoms with Gasteiger partial charge >= 0.3 is 89.3 Å². The standard InChI is InChI=1S/C12H25.C6H8O7.2Na.H3O4P.H2O4S/c1-3-5-7-9-11-12-10-8-6-4-2;7-3(8)1-6(13,5(11)12)2-4(9)10;;;2*1-5(2,3)4/h1,3-12H2,2H3;13H,1-2H2,(H,7,8)(H,9,10)(H,11,12);;;(H3,1,2,3,4);(H2,1,2,3,4)/q-1;;2*+1;;/p-1. The van der Waals surface area contributed by atoms with Gasteiger partial charge in [0, 0.05) is 12.4 Å². The van der Waals surface area contributed by atoms with Crippen molar-refractivity contribution >= 4 is 36.1 Å². The number of hydrogen-bond donors (Lipinski definition) is 8. The van der Waals surface area contributed by atoms with Gasteiger partial charge in [-0.15, -0.1) is 0 Å². The molecule has 0 amide bonds. The van der Waals surface area contributed by atoms with Crippen LogP contribution in [0.15, 0.2) is 0 Å². The average Bonchev–Trinajstić information content (AvgIpc) is 2.60. The first-order valence-electron chi connectivity index (χ1n) is 10.3. The van der Waals surface area contributed by atoms with E-state index in [0.29, 0.717) is 0 Å². The summed E-state index contributed by atoms with van der Waals surface area (Å²) in [5, 5.41) is 35.5. The molecule has 37 heavy (non-hydrogen) atoms. The molecule has 0 saturated heterocycles. The predicted octanol–water partition coefficient (Wildman–Crippen LogP) is -5.42. The second-order valence-electron chi connectivity index (χ2n) is 7.10. The molecule has 0 bridgehead atoms. The first kappa shape index (κ1) is 50.2. The number of unbranched alkanes of at least 4 members (excludes halogenated alkanes) is 9. The summed E-state index contributed by atoms with van der Waals surface area (Å²) in [5.41, 5.74) is -2.80. The second kappa shape index (κ2) is 29.3. The van der Waals surface area contributed by atoms with E-state index in [2.05, 4.69) is 13.8 Å². The largest absolute Gasteiger partial charge is 1.00 e. The van der Waals surface area contributed by atoms with Gasteiger partial charge in [0.25, 0.3) is 0 Å². The second-order valence-corrected chi connectivity index (χ2v) is 9.02. The molecule has 0 rings (SSSR count). The summed E-state index contributed by atoms with van der Waals surface area (Å²) in [6.07, 6.45) is 11.4. The monoisotopic (exact) mass is 602 g/mol. The number of aliphatic carboxylic acids is 3. The molecule has 0 aromatic carbocycles. The summed E-state index contributed by atoms with van der Waals surface area (Å²) in [7, 11) is -9.31. The van der Waals surface area contributed by atoms with Crippen molar-refractivity contribution in [2.24, 2.45) is 0 Å². The molecule has 0 aromatic rings. The van der Waals surface area contributed by atoms with Gasteiger partial charge in [0.2, 0.25) is 0 Å². The minimum atomic E-state index is -4.67. The molecule has 19 heteroatoms. The van der Waals surface area contributed by atoms with Gasteiger partial charge in [-0.1, -0.05) is 64.7 Å². The van der Waals surface area contributed by atoms with Crippen molar-refractivity contribution in [2.75, 3.05) is 0 Å². The number of aliphatic hydroxyl groups is 1. The molecule has 0 spiro atoms. The normalized spacial score (nSPS) is 11.7. The Labute approximate surface area is 261 Å². The summed E-state index contributed by atoms with van der Waals surface area (Å²) in [5.74, 6) is -5.34. The quantitative estimate of drug-likeness (QED) is 0.0303. The van der Waals surface area contributed by atoms with Gasteiger partial charge in [-0.2, -0.15) is 14.8 Å². The fourth-order valence-corrected chi connectivity index (χ4v) is 2.19. The maximum absolute atomic E-state index is 10.3. The summed E-state index contributed by atoms with van der Waals surface area (Å²) in [4.78, 5) is 51.9. The summed E-state index contributed by atoms with van der Waals surface area (Å²) in [6.45, 7) is 6.12. The van der Waals surface area contributed by atoms with Gasteiger partial charge in [-0.3, -0.25) is 13.9 Å². The van der Waals surface area contributed by atoms with E-state index in [-0.39, 0.29) is 59.1 Å². The van der Waals surface area contributed by atoms with Crippen molar-refractivity contribution in [3.8, 4) is 0 Å². The average molecular weight is 603 g/mol. The summed E-state index contributed by atoms with van der Waals surface area (Å²) in [6, 6.07) is 0. The first-order chi connectivity index (χ1) is 15.7. The van der Waals surface area contributed by atoms with Crippen LogP contribution in [0.5, 0.6) is 0 Å². The first-order valence-corrected chi connectivity index (χ1v) is 13.3. The van der Waals surface area contributed by atoms with E-state index < -0.39 is 54.6 Å². The SMILES string of the molecule is O=C([O-])CC(O)(CC(=O)O)C(=O)O.O=P(O)(O)O.O=S(=O)(O)O.[CH2-]CCCCCCCCCCC.[Na+].[Na+]. The Morgan fingerprint density at radius 1 is 0.838 bits per heavy atom. The van der Waals surface area contributed by atoms with Crippen molar-refractivity contribution in [1.29, 1.82) is 0 Å². The van der Waals surface area contributed by atoms with Crippen LogP contribution in [0, 0.1) is 6.92 Å². The molecule has 0 aliphatic carbocycles. The van der Waals surface area contributed by atoms with Crippen molar-refractivity contribution in [2.45, 2.75) is 89.6 Å². The molecule has 212 valence electrons. The molecule has 0 heterocycles. The summed E-state index contributed by atoms with van der Waals surface area (Å²) < 4.78 is 40.5. The molecule has 0 aliphatic heterocycles. The van der Waals surface area contributed by atoms with Crippen LogP contribution in [0.3, 0.4) is 0 Å². The molecule has 0 saturated carbocycles. The van der Waals surface area contributed by atoms with Gasteiger partial charge < -0.3 is 46.8 Å². The van der Waals surface area contributed by atoms with Crippen molar-refractivity contribution in [3.05, 3.63) is 6.92 Å². The zero-order valence-electron chi connectivity index (χ0n) is 21.5. The molecule has 1 atom stereocenters. The Hall–Kier alpha value is 0.350. The van der Waals surface area contributed by atoms with E-state index in [1.807, 2.05) is 0 Å². The van der Waals surface area contributed by atoms with E-state index in [4.69, 9.17) is 52.1 Å². The van der Waals surface area contributed by atoms with Gasteiger partial charge in [0.05, 0.1) is 6.42 Å².